The van der Waals surface area contributed by atoms with Crippen LogP contribution in [0.5, 0.6) is 0 Å². The third-order valence-electron chi connectivity index (χ3n) is 4.20. The number of morpholine rings is 1. The van der Waals surface area contributed by atoms with Gasteiger partial charge in [-0.3, -0.25) is 4.90 Å². The summed E-state index contributed by atoms with van der Waals surface area (Å²) >= 11 is 0. The van der Waals surface area contributed by atoms with E-state index in [0.29, 0.717) is 5.92 Å². The summed E-state index contributed by atoms with van der Waals surface area (Å²) in [5.41, 5.74) is 9.00. The molecule has 1 saturated heterocycles. The molecule has 0 spiro atoms. The van der Waals surface area contributed by atoms with Crippen LogP contribution in [0.4, 0.5) is 0 Å². The summed E-state index contributed by atoms with van der Waals surface area (Å²) in [6.07, 6.45) is 1.44. The van der Waals surface area contributed by atoms with Crippen LogP contribution in [0.25, 0.3) is 0 Å². The summed E-state index contributed by atoms with van der Waals surface area (Å²) in [5, 5.41) is 0. The molecule has 0 bridgehead atoms. The van der Waals surface area contributed by atoms with Gasteiger partial charge in [-0.1, -0.05) is 24.3 Å². The van der Waals surface area contributed by atoms with Gasteiger partial charge in [-0.05, 0) is 24.5 Å². The topological polar surface area (TPSA) is 38.5 Å². The van der Waals surface area contributed by atoms with E-state index in [1.165, 1.54) is 12.0 Å². The zero-order chi connectivity index (χ0) is 12.5. The second-order valence-corrected chi connectivity index (χ2v) is 5.63. The molecule has 1 aliphatic carbocycles. The maximum atomic E-state index is 5.93. The number of nitrogens with zero attached hydrogens (tertiary/aromatic N) is 1. The highest BCUT2D eigenvalue weighted by atomic mass is 16.5. The maximum Gasteiger partial charge on any atom is 0.0850 e. The third kappa shape index (κ3) is 2.30. The first-order chi connectivity index (χ1) is 8.74. The number of hydrogen-bond donors (Lipinski definition) is 1. The Balaban J connectivity index is 1.58. The van der Waals surface area contributed by atoms with Crippen molar-refractivity contribution in [3.05, 3.63) is 35.4 Å². The lowest BCUT2D eigenvalue weighted by atomic mass is 9.77. The number of ether oxygens (including phenoxy) is 1. The molecule has 0 aromatic heterocycles. The number of benzene rings is 1. The molecule has 1 heterocycles. The van der Waals surface area contributed by atoms with Crippen LogP contribution < -0.4 is 5.73 Å². The first-order valence-electron chi connectivity index (χ1n) is 6.91. The lowest BCUT2D eigenvalue weighted by molar-refractivity contribution is -0.0397. The first-order valence-corrected chi connectivity index (χ1v) is 6.91. The van der Waals surface area contributed by atoms with Crippen molar-refractivity contribution >= 4 is 0 Å². The molecule has 98 valence electrons. The van der Waals surface area contributed by atoms with E-state index in [1.807, 2.05) is 6.92 Å². The predicted octanol–water partition coefficient (Wildman–Crippen LogP) is 1.37. The summed E-state index contributed by atoms with van der Waals surface area (Å²) < 4.78 is 5.71. The van der Waals surface area contributed by atoms with E-state index in [9.17, 15) is 0 Å². The molecule has 1 aromatic carbocycles. The molecule has 0 radical (unpaired) electrons. The van der Waals surface area contributed by atoms with Crippen molar-refractivity contribution in [3.63, 3.8) is 0 Å². The second-order valence-electron chi connectivity index (χ2n) is 5.63. The largest absolute Gasteiger partial charge is 0.374 e. The monoisotopic (exact) mass is 246 g/mol. The van der Waals surface area contributed by atoms with E-state index in [-0.39, 0.29) is 12.1 Å². The molecule has 2 N–H and O–H groups in total. The minimum absolute atomic E-state index is 0.126. The Morgan fingerprint density at radius 1 is 1.44 bits per heavy atom. The summed E-state index contributed by atoms with van der Waals surface area (Å²) in [7, 11) is 0. The van der Waals surface area contributed by atoms with Gasteiger partial charge in [0.15, 0.2) is 0 Å². The fourth-order valence-electron chi connectivity index (χ4n) is 3.05. The summed E-state index contributed by atoms with van der Waals surface area (Å²) in [6.45, 7) is 6.04. The van der Waals surface area contributed by atoms with Crippen LogP contribution in [0.1, 0.15) is 24.0 Å². The molecule has 0 saturated carbocycles. The molecule has 3 nitrogen and oxygen atoms in total. The molecule has 3 atom stereocenters. The average Bonchev–Trinajstić information content (AvgIpc) is 2.36. The molecule has 1 aromatic rings. The molecule has 2 aliphatic rings. The van der Waals surface area contributed by atoms with E-state index in [1.54, 1.807) is 5.56 Å². The summed E-state index contributed by atoms with van der Waals surface area (Å²) in [5.74, 6) is 0.716. The molecule has 3 rings (SSSR count). The summed E-state index contributed by atoms with van der Waals surface area (Å²) in [4.78, 5) is 2.51. The van der Waals surface area contributed by atoms with Gasteiger partial charge in [0.05, 0.1) is 12.7 Å². The SMILES string of the molecule is CC(N)C1CN(CC2Cc3ccccc32)CCO1. The van der Waals surface area contributed by atoms with Gasteiger partial charge in [0, 0.05) is 31.6 Å². The Morgan fingerprint density at radius 3 is 3.06 bits per heavy atom. The summed E-state index contributed by atoms with van der Waals surface area (Å²) in [6, 6.07) is 8.93. The Morgan fingerprint density at radius 2 is 2.28 bits per heavy atom. The minimum Gasteiger partial charge on any atom is -0.374 e. The molecule has 1 aliphatic heterocycles. The van der Waals surface area contributed by atoms with Crippen LogP contribution in [-0.2, 0) is 11.2 Å². The van der Waals surface area contributed by atoms with Crippen LogP contribution in [0.15, 0.2) is 24.3 Å². The highest BCUT2D eigenvalue weighted by Gasteiger charge is 2.30. The first kappa shape index (κ1) is 12.2. The quantitative estimate of drug-likeness (QED) is 0.875. The molecule has 18 heavy (non-hydrogen) atoms. The fraction of sp³-hybridized carbons (Fsp3) is 0.600. The van der Waals surface area contributed by atoms with Crippen LogP contribution in [-0.4, -0.2) is 43.3 Å². The Labute approximate surface area is 109 Å². The van der Waals surface area contributed by atoms with E-state index in [4.69, 9.17) is 10.5 Å². The molecule has 3 heteroatoms. The lowest BCUT2D eigenvalue weighted by Crippen LogP contribution is -2.51. The molecule has 3 unspecified atom stereocenters. The van der Waals surface area contributed by atoms with Gasteiger partial charge < -0.3 is 10.5 Å². The van der Waals surface area contributed by atoms with Crippen molar-refractivity contribution in [2.75, 3.05) is 26.2 Å². The van der Waals surface area contributed by atoms with Crippen LogP contribution in [0.3, 0.4) is 0 Å². The highest BCUT2D eigenvalue weighted by molar-refractivity contribution is 5.40. The Hall–Kier alpha value is -0.900. The zero-order valence-electron chi connectivity index (χ0n) is 11.0. The standard InChI is InChI=1S/C15H22N2O/c1-11(16)15-10-17(6-7-18-15)9-13-8-12-4-2-3-5-14(12)13/h2-5,11,13,15H,6-10,16H2,1H3. The van der Waals surface area contributed by atoms with E-state index in [0.717, 1.165) is 26.2 Å². The molecule has 0 amide bonds. The van der Waals surface area contributed by atoms with Crippen LogP contribution in [0, 0.1) is 0 Å². The van der Waals surface area contributed by atoms with Gasteiger partial charge in [0.1, 0.15) is 0 Å². The number of hydrogen-bond acceptors (Lipinski definition) is 3. The lowest BCUT2D eigenvalue weighted by Gasteiger charge is -2.39. The number of fused-ring (bicyclic) bond motifs is 1. The van der Waals surface area contributed by atoms with E-state index < -0.39 is 0 Å². The minimum atomic E-state index is 0.126. The maximum absolute atomic E-state index is 5.93. The van der Waals surface area contributed by atoms with Crippen molar-refractivity contribution in [1.82, 2.24) is 4.90 Å². The Bertz CT molecular complexity index is 419. The number of rotatable bonds is 3. The van der Waals surface area contributed by atoms with Crippen molar-refractivity contribution in [2.24, 2.45) is 5.73 Å². The van der Waals surface area contributed by atoms with Crippen molar-refractivity contribution in [2.45, 2.75) is 31.4 Å². The van der Waals surface area contributed by atoms with E-state index in [2.05, 4.69) is 29.2 Å². The van der Waals surface area contributed by atoms with Crippen molar-refractivity contribution in [1.29, 1.82) is 0 Å². The third-order valence-corrected chi connectivity index (χ3v) is 4.20. The van der Waals surface area contributed by atoms with Gasteiger partial charge >= 0.3 is 0 Å². The zero-order valence-corrected chi connectivity index (χ0v) is 11.0. The van der Waals surface area contributed by atoms with Gasteiger partial charge in [0.25, 0.3) is 0 Å². The highest BCUT2D eigenvalue weighted by Crippen LogP contribution is 2.35. The normalized spacial score (nSPS) is 29.4. The van der Waals surface area contributed by atoms with Gasteiger partial charge in [-0.15, -0.1) is 0 Å². The van der Waals surface area contributed by atoms with Crippen molar-refractivity contribution < 1.29 is 4.74 Å². The van der Waals surface area contributed by atoms with Gasteiger partial charge in [-0.25, -0.2) is 0 Å². The molecular weight excluding hydrogens is 224 g/mol. The van der Waals surface area contributed by atoms with Gasteiger partial charge in [0.2, 0.25) is 0 Å². The van der Waals surface area contributed by atoms with Gasteiger partial charge in [-0.2, -0.15) is 0 Å². The second kappa shape index (κ2) is 5.00. The fourth-order valence-corrected chi connectivity index (χ4v) is 3.05. The van der Waals surface area contributed by atoms with Crippen molar-refractivity contribution in [3.8, 4) is 0 Å². The predicted molar refractivity (Wildman–Crippen MR) is 72.7 cm³/mol. The average molecular weight is 246 g/mol. The number of nitrogens with two attached hydrogens (primary N) is 1. The Kier molecular flexibility index (Phi) is 3.37. The molecule has 1 fully saturated rings. The van der Waals surface area contributed by atoms with Crippen LogP contribution in [0.2, 0.25) is 0 Å². The van der Waals surface area contributed by atoms with E-state index >= 15 is 0 Å². The van der Waals surface area contributed by atoms with Crippen LogP contribution >= 0.6 is 0 Å². The molecular formula is C15H22N2O. The smallest absolute Gasteiger partial charge is 0.0850 e.